The lowest BCUT2D eigenvalue weighted by molar-refractivity contribution is 0.0697. The molecule has 0 radical (unpaired) electrons. The van der Waals surface area contributed by atoms with Crippen LogP contribution in [0.15, 0.2) is 12.4 Å². The van der Waals surface area contributed by atoms with Gasteiger partial charge >= 0.3 is 5.97 Å². The van der Waals surface area contributed by atoms with Crippen LogP contribution < -0.4 is 4.90 Å². The summed E-state index contributed by atoms with van der Waals surface area (Å²) in [6, 6.07) is 0. The Morgan fingerprint density at radius 3 is 2.55 bits per heavy atom. The maximum Gasteiger partial charge on any atom is 0.339 e. The van der Waals surface area contributed by atoms with Crippen LogP contribution in [0.4, 0.5) is 5.69 Å². The van der Waals surface area contributed by atoms with Gasteiger partial charge in [-0.3, -0.25) is 4.68 Å². The van der Waals surface area contributed by atoms with Crippen LogP contribution in [0.25, 0.3) is 11.0 Å². The van der Waals surface area contributed by atoms with Crippen molar-refractivity contribution in [2.45, 2.75) is 25.7 Å². The molecule has 0 atom stereocenters. The summed E-state index contributed by atoms with van der Waals surface area (Å²) in [5.74, 6) is -0.928. The molecule has 3 heterocycles. The molecule has 0 spiro atoms. The van der Waals surface area contributed by atoms with E-state index < -0.39 is 5.97 Å². The Morgan fingerprint density at radius 1 is 1.20 bits per heavy atom. The number of carboxylic acid groups (broad SMARTS) is 1. The molecular weight excluding hydrogens is 256 g/mol. The molecule has 106 valence electrons. The Hall–Kier alpha value is -2.11. The minimum absolute atomic E-state index is 0.271. The number of pyridine rings is 1. The molecule has 0 aliphatic carbocycles. The monoisotopic (exact) mass is 274 g/mol. The molecule has 0 saturated carbocycles. The van der Waals surface area contributed by atoms with E-state index in [1.54, 1.807) is 10.9 Å². The van der Waals surface area contributed by atoms with Gasteiger partial charge < -0.3 is 10.0 Å². The quantitative estimate of drug-likeness (QED) is 0.907. The molecule has 2 aromatic heterocycles. The number of anilines is 1. The second-order valence-electron chi connectivity index (χ2n) is 5.23. The van der Waals surface area contributed by atoms with Gasteiger partial charge in [-0.15, -0.1) is 0 Å². The lowest BCUT2D eigenvalue weighted by Gasteiger charge is -2.24. The van der Waals surface area contributed by atoms with E-state index in [9.17, 15) is 9.90 Å². The zero-order valence-electron chi connectivity index (χ0n) is 11.5. The topological polar surface area (TPSA) is 71.2 Å². The molecule has 1 saturated heterocycles. The number of aromatic carboxylic acids is 1. The average molecular weight is 274 g/mol. The van der Waals surface area contributed by atoms with Crippen molar-refractivity contribution < 1.29 is 9.90 Å². The predicted octanol–water partition coefficient (Wildman–Crippen LogP) is 2.05. The van der Waals surface area contributed by atoms with Gasteiger partial charge in [-0.2, -0.15) is 5.10 Å². The number of hydrogen-bond donors (Lipinski definition) is 1. The van der Waals surface area contributed by atoms with Gasteiger partial charge in [0.1, 0.15) is 5.56 Å². The van der Waals surface area contributed by atoms with Crippen molar-refractivity contribution >= 4 is 22.7 Å². The van der Waals surface area contributed by atoms with Crippen molar-refractivity contribution in [3.63, 3.8) is 0 Å². The standard InChI is InChI=1S/C14H18N4O2/c1-17-13-10(9-16-17)12(11(8-15-13)14(19)20)18-6-4-2-3-5-7-18/h8-9H,2-7H2,1H3,(H,19,20). The summed E-state index contributed by atoms with van der Waals surface area (Å²) < 4.78 is 1.68. The number of carbonyl (C=O) groups is 1. The van der Waals surface area contributed by atoms with Crippen LogP contribution in [0.3, 0.4) is 0 Å². The fourth-order valence-corrected chi connectivity index (χ4v) is 2.87. The van der Waals surface area contributed by atoms with E-state index in [0.717, 1.165) is 42.7 Å². The summed E-state index contributed by atoms with van der Waals surface area (Å²) in [4.78, 5) is 17.9. The zero-order chi connectivity index (χ0) is 14.1. The van der Waals surface area contributed by atoms with E-state index in [1.807, 2.05) is 7.05 Å². The van der Waals surface area contributed by atoms with Gasteiger partial charge in [-0.1, -0.05) is 12.8 Å². The summed E-state index contributed by atoms with van der Waals surface area (Å²) in [5, 5.41) is 14.5. The van der Waals surface area contributed by atoms with E-state index in [2.05, 4.69) is 15.0 Å². The normalized spacial score (nSPS) is 16.4. The van der Waals surface area contributed by atoms with Crippen LogP contribution in [0.1, 0.15) is 36.0 Å². The number of hydrogen-bond acceptors (Lipinski definition) is 4. The van der Waals surface area contributed by atoms with Crippen molar-refractivity contribution in [2.24, 2.45) is 7.05 Å². The van der Waals surface area contributed by atoms with Crippen molar-refractivity contribution in [3.05, 3.63) is 18.0 Å². The molecule has 1 fully saturated rings. The molecule has 20 heavy (non-hydrogen) atoms. The van der Waals surface area contributed by atoms with Crippen molar-refractivity contribution in [3.8, 4) is 0 Å². The molecule has 1 aliphatic heterocycles. The molecule has 0 aromatic carbocycles. The molecule has 0 bridgehead atoms. The fraction of sp³-hybridized carbons (Fsp3) is 0.500. The Morgan fingerprint density at radius 2 is 1.90 bits per heavy atom. The molecule has 1 aliphatic rings. The van der Waals surface area contributed by atoms with Gasteiger partial charge in [0.25, 0.3) is 0 Å². The highest BCUT2D eigenvalue weighted by molar-refractivity contribution is 6.03. The highest BCUT2D eigenvalue weighted by atomic mass is 16.4. The second kappa shape index (κ2) is 5.11. The number of aryl methyl sites for hydroxylation is 1. The summed E-state index contributed by atoms with van der Waals surface area (Å²) in [6.45, 7) is 1.79. The van der Waals surface area contributed by atoms with Crippen molar-refractivity contribution in [2.75, 3.05) is 18.0 Å². The number of rotatable bonds is 2. The zero-order valence-corrected chi connectivity index (χ0v) is 11.5. The predicted molar refractivity (Wildman–Crippen MR) is 76.1 cm³/mol. The van der Waals surface area contributed by atoms with Crippen molar-refractivity contribution in [1.82, 2.24) is 14.8 Å². The summed E-state index contributed by atoms with van der Waals surface area (Å²) in [6.07, 6.45) is 7.79. The first-order valence-corrected chi connectivity index (χ1v) is 6.97. The van der Waals surface area contributed by atoms with Crippen LogP contribution in [0.2, 0.25) is 0 Å². The van der Waals surface area contributed by atoms with Gasteiger partial charge in [0.2, 0.25) is 0 Å². The van der Waals surface area contributed by atoms with E-state index in [-0.39, 0.29) is 5.56 Å². The minimum Gasteiger partial charge on any atom is -0.478 e. The molecule has 0 unspecified atom stereocenters. The average Bonchev–Trinajstić information content (AvgIpc) is 2.66. The third-order valence-corrected chi connectivity index (χ3v) is 3.89. The van der Waals surface area contributed by atoms with Gasteiger partial charge in [0, 0.05) is 26.3 Å². The van der Waals surface area contributed by atoms with Crippen LogP contribution in [-0.4, -0.2) is 38.9 Å². The highest BCUT2D eigenvalue weighted by Gasteiger charge is 2.22. The first-order valence-electron chi connectivity index (χ1n) is 6.97. The van der Waals surface area contributed by atoms with Crippen LogP contribution in [0, 0.1) is 0 Å². The Kier molecular flexibility index (Phi) is 3.30. The first-order chi connectivity index (χ1) is 9.68. The third kappa shape index (κ3) is 2.11. The SMILES string of the molecule is Cn1ncc2c(N3CCCCCC3)c(C(=O)O)cnc21. The van der Waals surface area contributed by atoms with Crippen LogP contribution in [-0.2, 0) is 7.05 Å². The van der Waals surface area contributed by atoms with Crippen molar-refractivity contribution in [1.29, 1.82) is 0 Å². The Balaban J connectivity index is 2.18. The van der Waals surface area contributed by atoms with Gasteiger partial charge in [0.15, 0.2) is 5.65 Å². The smallest absolute Gasteiger partial charge is 0.339 e. The Bertz CT molecular complexity index is 642. The molecule has 6 nitrogen and oxygen atoms in total. The van der Waals surface area contributed by atoms with Gasteiger partial charge in [-0.05, 0) is 12.8 Å². The fourth-order valence-electron chi connectivity index (χ4n) is 2.87. The molecule has 2 aromatic rings. The van der Waals surface area contributed by atoms with Gasteiger partial charge in [-0.25, -0.2) is 9.78 Å². The highest BCUT2D eigenvalue weighted by Crippen LogP contribution is 2.31. The van der Waals surface area contributed by atoms with E-state index in [0.29, 0.717) is 0 Å². The molecular formula is C14H18N4O2. The maximum atomic E-state index is 11.5. The van der Waals surface area contributed by atoms with E-state index >= 15 is 0 Å². The summed E-state index contributed by atoms with van der Waals surface area (Å²) in [7, 11) is 1.82. The maximum absolute atomic E-state index is 11.5. The van der Waals surface area contributed by atoms with Crippen LogP contribution >= 0.6 is 0 Å². The lowest BCUT2D eigenvalue weighted by atomic mass is 10.1. The number of fused-ring (bicyclic) bond motifs is 1. The van der Waals surface area contributed by atoms with Crippen LogP contribution in [0.5, 0.6) is 0 Å². The summed E-state index contributed by atoms with van der Waals surface area (Å²) >= 11 is 0. The minimum atomic E-state index is -0.928. The number of nitrogens with zero attached hydrogens (tertiary/aromatic N) is 4. The molecule has 6 heteroatoms. The number of carboxylic acids is 1. The largest absolute Gasteiger partial charge is 0.478 e. The second-order valence-corrected chi connectivity index (χ2v) is 5.23. The summed E-state index contributed by atoms with van der Waals surface area (Å²) in [5.41, 5.74) is 1.78. The molecule has 0 amide bonds. The van der Waals surface area contributed by atoms with Gasteiger partial charge in [0.05, 0.1) is 17.3 Å². The molecule has 1 N–H and O–H groups in total. The molecule has 3 rings (SSSR count). The van der Waals surface area contributed by atoms with E-state index in [1.165, 1.54) is 19.0 Å². The Labute approximate surface area is 117 Å². The van der Waals surface area contributed by atoms with E-state index in [4.69, 9.17) is 0 Å². The lowest BCUT2D eigenvalue weighted by Crippen LogP contribution is -2.26. The number of aromatic nitrogens is 3. The first kappa shape index (κ1) is 12.9. The third-order valence-electron chi connectivity index (χ3n) is 3.89.